The number of nitrogens with zero attached hydrogens (tertiary/aromatic N) is 1. The molecular formula is C15H23NO2S. The van der Waals surface area contributed by atoms with Crippen LogP contribution in [0, 0.1) is 5.92 Å². The van der Waals surface area contributed by atoms with Crippen LogP contribution in [0.3, 0.4) is 0 Å². The second kappa shape index (κ2) is 6.51. The molecule has 0 atom stereocenters. The van der Waals surface area contributed by atoms with Gasteiger partial charge in [-0.15, -0.1) is 11.3 Å². The van der Waals surface area contributed by atoms with Crippen molar-refractivity contribution in [3.63, 3.8) is 0 Å². The van der Waals surface area contributed by atoms with Crippen molar-refractivity contribution >= 4 is 17.3 Å². The Morgan fingerprint density at radius 2 is 2.00 bits per heavy atom. The molecule has 0 bridgehead atoms. The molecule has 0 unspecified atom stereocenters. The van der Waals surface area contributed by atoms with Crippen molar-refractivity contribution in [1.82, 2.24) is 4.98 Å². The first kappa shape index (κ1) is 14.5. The predicted molar refractivity (Wildman–Crippen MR) is 78.1 cm³/mol. The zero-order valence-corrected chi connectivity index (χ0v) is 12.6. The maximum Gasteiger partial charge on any atom is 0.347 e. The van der Waals surface area contributed by atoms with Crippen LogP contribution in [-0.4, -0.2) is 16.1 Å². The first-order chi connectivity index (χ1) is 9.15. The minimum absolute atomic E-state index is 0.452. The number of aromatic carboxylic acids is 1. The van der Waals surface area contributed by atoms with E-state index in [0.717, 1.165) is 16.6 Å². The summed E-state index contributed by atoms with van der Waals surface area (Å²) in [6, 6.07) is 0. The maximum atomic E-state index is 11.2. The van der Waals surface area contributed by atoms with Crippen molar-refractivity contribution < 1.29 is 9.90 Å². The van der Waals surface area contributed by atoms with E-state index in [0.29, 0.717) is 17.2 Å². The molecule has 106 valence electrons. The van der Waals surface area contributed by atoms with Gasteiger partial charge in [0.2, 0.25) is 0 Å². The van der Waals surface area contributed by atoms with Crippen molar-refractivity contribution in [1.29, 1.82) is 0 Å². The normalized spacial score (nSPS) is 23.5. The summed E-state index contributed by atoms with van der Waals surface area (Å²) in [5, 5.41) is 10.3. The third kappa shape index (κ3) is 3.35. The highest BCUT2D eigenvalue weighted by molar-refractivity contribution is 7.13. The second-order valence-corrected chi connectivity index (χ2v) is 6.52. The quantitative estimate of drug-likeness (QED) is 0.865. The Morgan fingerprint density at radius 3 is 2.47 bits per heavy atom. The predicted octanol–water partition coefficient (Wildman–Crippen LogP) is 4.48. The Hall–Kier alpha value is -0.900. The summed E-state index contributed by atoms with van der Waals surface area (Å²) in [7, 11) is 0. The van der Waals surface area contributed by atoms with Crippen molar-refractivity contribution in [2.75, 3.05) is 0 Å². The summed E-state index contributed by atoms with van der Waals surface area (Å²) in [6.45, 7) is 4.23. The summed E-state index contributed by atoms with van der Waals surface area (Å²) >= 11 is 1.40. The number of carboxylic acid groups (broad SMARTS) is 1. The molecule has 0 aliphatic heterocycles. The van der Waals surface area contributed by atoms with Gasteiger partial charge in [0.25, 0.3) is 0 Å². The summed E-state index contributed by atoms with van der Waals surface area (Å²) in [4.78, 5) is 16.2. The molecule has 0 radical (unpaired) electrons. The molecule has 2 rings (SSSR count). The van der Waals surface area contributed by atoms with E-state index in [2.05, 4.69) is 11.9 Å². The summed E-state index contributed by atoms with van der Waals surface area (Å²) in [5.74, 6) is 0.558. The van der Waals surface area contributed by atoms with Crippen LogP contribution in [-0.2, 0) is 6.42 Å². The highest BCUT2D eigenvalue weighted by atomic mass is 32.1. The first-order valence-corrected chi connectivity index (χ1v) is 8.20. The smallest absolute Gasteiger partial charge is 0.347 e. The number of aryl methyl sites for hydroxylation is 1. The molecule has 0 spiro atoms. The van der Waals surface area contributed by atoms with E-state index in [4.69, 9.17) is 0 Å². The molecule has 1 aliphatic rings. The zero-order valence-electron chi connectivity index (χ0n) is 11.8. The average Bonchev–Trinajstić information content (AvgIpc) is 2.84. The summed E-state index contributed by atoms with van der Waals surface area (Å²) < 4.78 is 0. The molecule has 4 heteroatoms. The molecule has 19 heavy (non-hydrogen) atoms. The zero-order chi connectivity index (χ0) is 13.8. The number of thiazole rings is 1. The van der Waals surface area contributed by atoms with Crippen molar-refractivity contribution in [2.45, 2.75) is 64.7 Å². The monoisotopic (exact) mass is 281 g/mol. The van der Waals surface area contributed by atoms with Crippen molar-refractivity contribution in [3.05, 3.63) is 15.6 Å². The average molecular weight is 281 g/mol. The highest BCUT2D eigenvalue weighted by Crippen LogP contribution is 2.39. The maximum absolute atomic E-state index is 11.2. The van der Waals surface area contributed by atoms with Gasteiger partial charge < -0.3 is 5.11 Å². The lowest BCUT2D eigenvalue weighted by Crippen LogP contribution is -2.13. The molecule has 1 aromatic rings. The van der Waals surface area contributed by atoms with Gasteiger partial charge in [0.15, 0.2) is 0 Å². The molecule has 0 saturated heterocycles. The van der Waals surface area contributed by atoms with Crippen LogP contribution in [0.25, 0.3) is 0 Å². The van der Waals surface area contributed by atoms with Gasteiger partial charge in [0.1, 0.15) is 4.88 Å². The number of carboxylic acids is 1. The SMILES string of the molecule is CCCC1CCC(c2nc(CC)c(C(=O)O)s2)CC1. The minimum atomic E-state index is -0.819. The molecule has 1 fully saturated rings. The molecule has 1 aliphatic carbocycles. The van der Waals surface area contributed by atoms with Crippen LogP contribution in [0.15, 0.2) is 0 Å². The van der Waals surface area contributed by atoms with Crippen LogP contribution < -0.4 is 0 Å². The Bertz CT molecular complexity index is 433. The number of aromatic nitrogens is 1. The van der Waals surface area contributed by atoms with E-state index >= 15 is 0 Å². The Labute approximate surface area is 119 Å². The third-order valence-electron chi connectivity index (χ3n) is 4.14. The van der Waals surface area contributed by atoms with Crippen molar-refractivity contribution in [3.8, 4) is 0 Å². The van der Waals surface area contributed by atoms with Gasteiger partial charge in [-0.1, -0.05) is 26.7 Å². The lowest BCUT2D eigenvalue weighted by molar-refractivity contribution is 0.0701. The fourth-order valence-corrected chi connectivity index (χ4v) is 4.22. The molecule has 1 saturated carbocycles. The first-order valence-electron chi connectivity index (χ1n) is 7.38. The van der Waals surface area contributed by atoms with E-state index in [1.165, 1.54) is 49.9 Å². The Balaban J connectivity index is 2.05. The molecule has 0 amide bonds. The number of carbonyl (C=O) groups is 1. The summed E-state index contributed by atoms with van der Waals surface area (Å²) in [5.41, 5.74) is 0.767. The number of rotatable bonds is 5. The van der Waals surface area contributed by atoms with E-state index in [9.17, 15) is 9.90 Å². The summed E-state index contributed by atoms with van der Waals surface area (Å²) in [6.07, 6.45) is 8.24. The van der Waals surface area contributed by atoms with E-state index in [1.807, 2.05) is 6.92 Å². The van der Waals surface area contributed by atoms with Crippen molar-refractivity contribution in [2.24, 2.45) is 5.92 Å². The van der Waals surface area contributed by atoms with Crippen LogP contribution in [0.2, 0.25) is 0 Å². The molecule has 1 heterocycles. The Morgan fingerprint density at radius 1 is 1.32 bits per heavy atom. The topological polar surface area (TPSA) is 50.2 Å². The molecule has 1 aromatic heterocycles. The van der Waals surface area contributed by atoms with Gasteiger partial charge in [0, 0.05) is 5.92 Å². The van der Waals surface area contributed by atoms with Gasteiger partial charge in [-0.2, -0.15) is 0 Å². The standard InChI is InChI=1S/C15H23NO2S/c1-3-5-10-6-8-11(9-7-10)14-16-12(4-2)13(19-14)15(17)18/h10-11H,3-9H2,1-2H3,(H,17,18). The van der Waals surface area contributed by atoms with E-state index in [-0.39, 0.29) is 0 Å². The minimum Gasteiger partial charge on any atom is -0.477 e. The van der Waals surface area contributed by atoms with Crippen LogP contribution in [0.5, 0.6) is 0 Å². The lowest BCUT2D eigenvalue weighted by atomic mass is 9.80. The van der Waals surface area contributed by atoms with Gasteiger partial charge in [-0.05, 0) is 38.0 Å². The van der Waals surface area contributed by atoms with E-state index < -0.39 is 5.97 Å². The fourth-order valence-electron chi connectivity index (χ4n) is 3.06. The fraction of sp³-hybridized carbons (Fsp3) is 0.733. The third-order valence-corrected chi connectivity index (χ3v) is 5.38. The van der Waals surface area contributed by atoms with Gasteiger partial charge >= 0.3 is 5.97 Å². The Kier molecular flexibility index (Phi) is 4.97. The second-order valence-electron chi connectivity index (χ2n) is 5.49. The van der Waals surface area contributed by atoms with Gasteiger partial charge in [-0.3, -0.25) is 0 Å². The highest BCUT2D eigenvalue weighted by Gasteiger charge is 2.26. The van der Waals surface area contributed by atoms with Gasteiger partial charge in [0.05, 0.1) is 10.7 Å². The van der Waals surface area contributed by atoms with Crippen LogP contribution in [0.1, 0.15) is 78.7 Å². The molecule has 0 aromatic carbocycles. The lowest BCUT2D eigenvalue weighted by Gasteiger charge is -2.26. The largest absolute Gasteiger partial charge is 0.477 e. The number of hydrogen-bond donors (Lipinski definition) is 1. The van der Waals surface area contributed by atoms with Crippen LogP contribution >= 0.6 is 11.3 Å². The molecule has 3 nitrogen and oxygen atoms in total. The molecular weight excluding hydrogens is 258 g/mol. The van der Waals surface area contributed by atoms with Crippen LogP contribution in [0.4, 0.5) is 0 Å². The van der Waals surface area contributed by atoms with Gasteiger partial charge in [-0.25, -0.2) is 9.78 Å². The number of hydrogen-bond acceptors (Lipinski definition) is 3. The molecule has 1 N–H and O–H groups in total. The van der Waals surface area contributed by atoms with E-state index in [1.54, 1.807) is 0 Å².